The molecule has 1 aliphatic rings. The third-order valence-corrected chi connectivity index (χ3v) is 5.81. The normalized spacial score (nSPS) is 13.5. The molecular weight excluding hydrogens is 475 g/mol. The maximum atomic E-state index is 13.4. The highest BCUT2D eigenvalue weighted by molar-refractivity contribution is 6.07. The van der Waals surface area contributed by atoms with Crippen LogP contribution in [0.5, 0.6) is 0 Å². The topological polar surface area (TPSA) is 108 Å². The zero-order valence-corrected chi connectivity index (χ0v) is 20.0. The average Bonchev–Trinajstić information content (AvgIpc) is 2.82. The molecule has 0 atom stereocenters. The molecule has 0 bridgehead atoms. The van der Waals surface area contributed by atoms with Crippen molar-refractivity contribution >= 4 is 40.8 Å². The fourth-order valence-corrected chi connectivity index (χ4v) is 3.86. The van der Waals surface area contributed by atoms with Gasteiger partial charge >= 0.3 is 12.2 Å². The van der Waals surface area contributed by atoms with Crippen LogP contribution in [0.15, 0.2) is 42.6 Å². The molecule has 0 radical (unpaired) electrons. The molecule has 4 rings (SSSR count). The number of nitrogens with one attached hydrogen (secondary N) is 1. The van der Waals surface area contributed by atoms with Gasteiger partial charge in [0.05, 0.1) is 17.8 Å². The third-order valence-electron chi connectivity index (χ3n) is 5.81. The average molecular weight is 499 g/mol. The zero-order chi connectivity index (χ0) is 26.4. The van der Waals surface area contributed by atoms with Gasteiger partial charge in [-0.05, 0) is 42.8 Å². The van der Waals surface area contributed by atoms with Crippen molar-refractivity contribution in [3.63, 3.8) is 0 Å². The number of nitrogens with zero attached hydrogens (tertiary/aromatic N) is 5. The van der Waals surface area contributed by atoms with Gasteiger partial charge < -0.3 is 16.0 Å². The Kier molecular flexibility index (Phi) is 6.21. The molecule has 188 valence electrons. The van der Waals surface area contributed by atoms with E-state index in [-0.39, 0.29) is 29.8 Å². The Labute approximate surface area is 205 Å². The molecular formula is C24H24F3N7O2. The first-order chi connectivity index (χ1) is 16.8. The van der Waals surface area contributed by atoms with Crippen molar-refractivity contribution in [2.75, 3.05) is 46.9 Å². The fourth-order valence-electron chi connectivity index (χ4n) is 3.86. The number of benzene rings is 2. The molecule has 9 nitrogen and oxygen atoms in total. The van der Waals surface area contributed by atoms with Crippen molar-refractivity contribution in [3.05, 3.63) is 64.8 Å². The Hall–Kier alpha value is -4.35. The molecule has 3 amide bonds. The summed E-state index contributed by atoms with van der Waals surface area (Å²) < 4.78 is 40.2. The largest absolute Gasteiger partial charge is 0.416 e. The van der Waals surface area contributed by atoms with Gasteiger partial charge in [-0.1, -0.05) is 6.07 Å². The first-order valence-electron chi connectivity index (χ1n) is 10.8. The van der Waals surface area contributed by atoms with Crippen LogP contribution in [-0.2, 0) is 12.7 Å². The number of halogens is 3. The smallest absolute Gasteiger partial charge is 0.378 e. The van der Waals surface area contributed by atoms with E-state index in [9.17, 15) is 22.8 Å². The van der Waals surface area contributed by atoms with Gasteiger partial charge in [-0.15, -0.1) is 0 Å². The van der Waals surface area contributed by atoms with E-state index in [0.717, 1.165) is 17.7 Å². The maximum absolute atomic E-state index is 13.4. The Morgan fingerprint density at radius 2 is 1.89 bits per heavy atom. The number of amides is 3. The molecule has 12 heteroatoms. The summed E-state index contributed by atoms with van der Waals surface area (Å²) in [4.78, 5) is 38.5. The molecule has 0 saturated heterocycles. The van der Waals surface area contributed by atoms with Crippen LogP contribution in [0.4, 0.5) is 46.8 Å². The summed E-state index contributed by atoms with van der Waals surface area (Å²) in [6, 6.07) is 7.74. The lowest BCUT2D eigenvalue weighted by Crippen LogP contribution is -2.46. The van der Waals surface area contributed by atoms with E-state index < -0.39 is 17.6 Å². The minimum Gasteiger partial charge on any atom is -0.378 e. The number of fused-ring (bicyclic) bond motifs is 1. The molecule has 2 aromatic carbocycles. The van der Waals surface area contributed by atoms with Gasteiger partial charge in [-0.2, -0.15) is 18.2 Å². The molecule has 3 aromatic rings. The van der Waals surface area contributed by atoms with Crippen molar-refractivity contribution in [1.29, 1.82) is 0 Å². The van der Waals surface area contributed by atoms with Gasteiger partial charge in [0, 0.05) is 49.8 Å². The zero-order valence-electron chi connectivity index (χ0n) is 20.0. The summed E-state index contributed by atoms with van der Waals surface area (Å²) >= 11 is 0. The van der Waals surface area contributed by atoms with Gasteiger partial charge in [-0.3, -0.25) is 14.6 Å². The highest BCUT2D eigenvalue weighted by Crippen LogP contribution is 2.34. The molecule has 0 aliphatic carbocycles. The molecule has 0 saturated carbocycles. The number of urea groups is 1. The summed E-state index contributed by atoms with van der Waals surface area (Å²) in [5.41, 5.74) is 7.09. The van der Waals surface area contributed by atoms with Gasteiger partial charge in [-0.25, -0.2) is 9.78 Å². The van der Waals surface area contributed by atoms with Crippen LogP contribution in [-0.4, -0.2) is 43.0 Å². The molecule has 0 fully saturated rings. The van der Waals surface area contributed by atoms with Crippen molar-refractivity contribution in [2.45, 2.75) is 19.6 Å². The highest BCUT2D eigenvalue weighted by Gasteiger charge is 2.33. The van der Waals surface area contributed by atoms with Crippen LogP contribution in [0.25, 0.3) is 0 Å². The number of hydrogen-bond donors (Lipinski definition) is 2. The van der Waals surface area contributed by atoms with Crippen molar-refractivity contribution in [1.82, 2.24) is 9.97 Å². The summed E-state index contributed by atoms with van der Waals surface area (Å²) in [5.74, 6) is -0.253. The van der Waals surface area contributed by atoms with Crippen LogP contribution in [0.1, 0.15) is 27.0 Å². The van der Waals surface area contributed by atoms with Crippen molar-refractivity contribution < 1.29 is 22.8 Å². The van der Waals surface area contributed by atoms with E-state index in [4.69, 9.17) is 5.73 Å². The van der Waals surface area contributed by atoms with Crippen molar-refractivity contribution in [3.8, 4) is 0 Å². The lowest BCUT2D eigenvalue weighted by atomic mass is 10.1. The highest BCUT2D eigenvalue weighted by atomic mass is 19.4. The van der Waals surface area contributed by atoms with Crippen molar-refractivity contribution in [2.24, 2.45) is 0 Å². The lowest BCUT2D eigenvalue weighted by molar-refractivity contribution is -0.137. The second kappa shape index (κ2) is 9.02. The van der Waals surface area contributed by atoms with Gasteiger partial charge in [0.15, 0.2) is 0 Å². The van der Waals surface area contributed by atoms with E-state index >= 15 is 0 Å². The first-order valence-corrected chi connectivity index (χ1v) is 10.8. The molecule has 0 spiro atoms. The molecule has 3 N–H and O–H groups in total. The first kappa shape index (κ1) is 24.8. The lowest BCUT2D eigenvalue weighted by Gasteiger charge is -2.34. The van der Waals surface area contributed by atoms with E-state index in [1.807, 2.05) is 0 Å². The Morgan fingerprint density at radius 3 is 2.56 bits per heavy atom. The van der Waals surface area contributed by atoms with Crippen LogP contribution in [0.2, 0.25) is 0 Å². The number of carbonyl (C=O) groups is 2. The Morgan fingerprint density at radius 1 is 1.17 bits per heavy atom. The van der Waals surface area contributed by atoms with Gasteiger partial charge in [0.25, 0.3) is 5.91 Å². The number of rotatable bonds is 4. The number of aryl methyl sites for hydroxylation is 1. The summed E-state index contributed by atoms with van der Waals surface area (Å²) in [6.07, 6.45) is -3.06. The van der Waals surface area contributed by atoms with E-state index in [1.165, 1.54) is 20.8 Å². The number of anilines is 5. The number of aromatic nitrogens is 2. The summed E-state index contributed by atoms with van der Waals surface area (Å²) in [6.45, 7) is 1.98. The Bertz CT molecular complexity index is 1360. The van der Waals surface area contributed by atoms with Crippen LogP contribution in [0.3, 0.4) is 0 Å². The molecule has 2 heterocycles. The van der Waals surface area contributed by atoms with Gasteiger partial charge in [0.1, 0.15) is 5.82 Å². The minimum absolute atomic E-state index is 0.0507. The van der Waals surface area contributed by atoms with Crippen LogP contribution in [0, 0.1) is 6.92 Å². The van der Waals surface area contributed by atoms with Crippen LogP contribution < -0.4 is 25.8 Å². The van der Waals surface area contributed by atoms with Gasteiger partial charge in [0.2, 0.25) is 5.95 Å². The number of hydrogen-bond acceptors (Lipinski definition) is 6. The monoisotopic (exact) mass is 499 g/mol. The molecule has 36 heavy (non-hydrogen) atoms. The molecule has 1 aromatic heterocycles. The number of carbonyl (C=O) groups excluding carboxylic acids is 2. The minimum atomic E-state index is -4.61. The standard InChI is InChI=1S/C24H24F3N7O2/c1-13-5-6-17(30-21(35)14-7-16(24(25,26)27)9-18(8-14)32(2)3)10-19(13)34-12-15-11-29-22(28)31-20(15)33(4)23(34)36/h5-11H,12H2,1-4H3,(H,30,35)(H2,28,29,31). The molecule has 0 unspecified atom stereocenters. The number of alkyl halides is 3. The van der Waals surface area contributed by atoms with Crippen LogP contribution >= 0.6 is 0 Å². The second-order valence-corrected chi connectivity index (χ2v) is 8.62. The molecule has 1 aliphatic heterocycles. The number of nitrogen functional groups attached to an aromatic ring is 1. The van der Waals surface area contributed by atoms with E-state index in [2.05, 4.69) is 15.3 Å². The summed E-state index contributed by atoms with van der Waals surface area (Å²) in [7, 11) is 4.75. The fraction of sp³-hybridized carbons (Fsp3) is 0.250. The third kappa shape index (κ3) is 4.74. The predicted molar refractivity (Wildman–Crippen MR) is 131 cm³/mol. The SMILES string of the molecule is Cc1ccc(NC(=O)c2cc(N(C)C)cc(C(F)(F)F)c2)cc1N1Cc2cnc(N)nc2N(C)C1=O. The summed E-state index contributed by atoms with van der Waals surface area (Å²) in [5, 5.41) is 2.64. The predicted octanol–water partition coefficient (Wildman–Crippen LogP) is 4.28. The van der Waals surface area contributed by atoms with E-state index in [1.54, 1.807) is 52.5 Å². The Balaban J connectivity index is 1.65. The quantitative estimate of drug-likeness (QED) is 0.555. The number of nitrogens with two attached hydrogens (primary N) is 1. The second-order valence-electron chi connectivity index (χ2n) is 8.62. The van der Waals surface area contributed by atoms with E-state index in [0.29, 0.717) is 22.8 Å². The maximum Gasteiger partial charge on any atom is 0.416 e.